The first-order valence-electron chi connectivity index (χ1n) is 4.44. The molecule has 1 fully saturated rings. The maximum absolute atomic E-state index is 9.91. The first-order chi connectivity index (χ1) is 6.22. The van der Waals surface area contributed by atoms with Gasteiger partial charge < -0.3 is 4.90 Å². The van der Waals surface area contributed by atoms with E-state index in [2.05, 4.69) is 16.7 Å². The van der Waals surface area contributed by atoms with E-state index in [4.69, 9.17) is 0 Å². The Morgan fingerprint density at radius 3 is 2.31 bits per heavy atom. The molecule has 76 valence electrons. The third-order valence-electron chi connectivity index (χ3n) is 2.26. The molecule has 0 saturated carbocycles. The summed E-state index contributed by atoms with van der Waals surface area (Å²) in [4.78, 5) is 18.4. The molecule has 1 aliphatic rings. The van der Waals surface area contributed by atoms with Gasteiger partial charge in [0.1, 0.15) is 6.73 Å². The minimum Gasteiger partial charge on any atom is -0.301 e. The highest BCUT2D eigenvalue weighted by Crippen LogP contribution is 2.00. The maximum Gasteiger partial charge on any atom is 0.295 e. The Hall–Kier alpha value is -0.880. The molecular formula is C7H15N3O3. The molecule has 0 atom stereocenters. The lowest BCUT2D eigenvalue weighted by molar-refractivity contribution is -0.762. The Morgan fingerprint density at radius 2 is 1.85 bits per heavy atom. The maximum atomic E-state index is 9.91. The van der Waals surface area contributed by atoms with Crippen molar-refractivity contribution < 1.29 is 9.92 Å². The van der Waals surface area contributed by atoms with E-state index in [0.717, 1.165) is 32.7 Å². The Labute approximate surface area is 77.2 Å². The normalized spacial score (nSPS) is 20.1. The second-order valence-corrected chi connectivity index (χ2v) is 3.03. The average Bonchev–Trinajstić information content (AvgIpc) is 2.15. The summed E-state index contributed by atoms with van der Waals surface area (Å²) < 4.78 is 0. The Kier molecular flexibility index (Phi) is 3.91. The van der Waals surface area contributed by atoms with Gasteiger partial charge in [-0.25, -0.2) is 0 Å². The molecule has 13 heavy (non-hydrogen) atoms. The van der Waals surface area contributed by atoms with Crippen LogP contribution in [-0.2, 0) is 4.84 Å². The summed E-state index contributed by atoms with van der Waals surface area (Å²) >= 11 is 0. The van der Waals surface area contributed by atoms with E-state index >= 15 is 0 Å². The molecule has 1 aliphatic heterocycles. The quantitative estimate of drug-likeness (QED) is 0.452. The van der Waals surface area contributed by atoms with Crippen molar-refractivity contribution in [3.63, 3.8) is 0 Å². The van der Waals surface area contributed by atoms with Crippen molar-refractivity contribution in [1.82, 2.24) is 9.80 Å². The molecule has 0 unspecified atom stereocenters. The van der Waals surface area contributed by atoms with E-state index in [1.807, 2.05) is 4.90 Å². The number of hydrogen-bond acceptors (Lipinski definition) is 5. The predicted octanol–water partition coefficient (Wildman–Crippen LogP) is -0.210. The fraction of sp³-hybridized carbons (Fsp3) is 1.00. The highest BCUT2D eigenvalue weighted by atomic mass is 17.0. The predicted molar refractivity (Wildman–Crippen MR) is 46.6 cm³/mol. The summed E-state index contributed by atoms with van der Waals surface area (Å²) in [5, 5.41) is 9.16. The first-order valence-corrected chi connectivity index (χ1v) is 4.44. The van der Waals surface area contributed by atoms with Crippen molar-refractivity contribution in [2.45, 2.75) is 6.92 Å². The lowest BCUT2D eigenvalue weighted by atomic mass is 10.3. The van der Waals surface area contributed by atoms with Gasteiger partial charge in [0.25, 0.3) is 5.09 Å². The van der Waals surface area contributed by atoms with Crippen LogP contribution in [0.15, 0.2) is 0 Å². The molecule has 0 amide bonds. The minimum atomic E-state index is -0.744. The molecule has 0 spiro atoms. The van der Waals surface area contributed by atoms with E-state index < -0.39 is 5.09 Å². The highest BCUT2D eigenvalue weighted by molar-refractivity contribution is 4.68. The second-order valence-electron chi connectivity index (χ2n) is 3.03. The fourth-order valence-electron chi connectivity index (χ4n) is 1.36. The van der Waals surface area contributed by atoms with E-state index in [-0.39, 0.29) is 6.73 Å². The van der Waals surface area contributed by atoms with Crippen LogP contribution in [0.1, 0.15) is 6.92 Å². The van der Waals surface area contributed by atoms with Crippen molar-refractivity contribution in [3.8, 4) is 0 Å². The van der Waals surface area contributed by atoms with E-state index in [9.17, 15) is 10.1 Å². The van der Waals surface area contributed by atoms with Crippen LogP contribution < -0.4 is 0 Å². The van der Waals surface area contributed by atoms with E-state index in [0.29, 0.717) is 0 Å². The number of rotatable bonds is 4. The summed E-state index contributed by atoms with van der Waals surface area (Å²) in [7, 11) is 0. The zero-order valence-corrected chi connectivity index (χ0v) is 7.81. The van der Waals surface area contributed by atoms with Gasteiger partial charge in [-0.05, 0) is 6.54 Å². The van der Waals surface area contributed by atoms with E-state index in [1.165, 1.54) is 0 Å². The topological polar surface area (TPSA) is 58.8 Å². The highest BCUT2D eigenvalue weighted by Gasteiger charge is 2.15. The van der Waals surface area contributed by atoms with E-state index in [1.54, 1.807) is 0 Å². The van der Waals surface area contributed by atoms with Gasteiger partial charge in [0.15, 0.2) is 0 Å². The summed E-state index contributed by atoms with van der Waals surface area (Å²) in [6.45, 7) is 6.90. The van der Waals surface area contributed by atoms with Crippen LogP contribution in [0.4, 0.5) is 0 Å². The molecule has 0 aromatic rings. The number of hydrogen-bond donors (Lipinski definition) is 0. The average molecular weight is 189 g/mol. The molecule has 0 aromatic heterocycles. The van der Waals surface area contributed by atoms with Gasteiger partial charge in [-0.15, -0.1) is 10.1 Å². The zero-order chi connectivity index (χ0) is 9.68. The van der Waals surface area contributed by atoms with Crippen molar-refractivity contribution in [3.05, 3.63) is 10.1 Å². The van der Waals surface area contributed by atoms with Crippen LogP contribution in [-0.4, -0.2) is 54.3 Å². The van der Waals surface area contributed by atoms with Crippen LogP contribution >= 0.6 is 0 Å². The lowest BCUT2D eigenvalue weighted by Gasteiger charge is -2.32. The molecule has 6 nitrogen and oxygen atoms in total. The largest absolute Gasteiger partial charge is 0.301 e. The number of nitrogens with zero attached hydrogens (tertiary/aromatic N) is 3. The number of likely N-dealkylation sites (N-methyl/N-ethyl adjacent to an activating group) is 1. The summed E-state index contributed by atoms with van der Waals surface area (Å²) in [5.74, 6) is 0. The standard InChI is InChI=1S/C7H15N3O3/c1-2-8-3-5-9(6-4-8)7-13-10(11)12/h2-7H2,1H3. The van der Waals surface area contributed by atoms with Gasteiger partial charge in [0, 0.05) is 26.2 Å². The summed E-state index contributed by atoms with van der Waals surface area (Å²) in [5.41, 5.74) is 0. The first kappa shape index (κ1) is 10.2. The Morgan fingerprint density at radius 1 is 1.31 bits per heavy atom. The molecule has 1 heterocycles. The van der Waals surface area contributed by atoms with Gasteiger partial charge in [-0.2, -0.15) is 0 Å². The third kappa shape index (κ3) is 3.56. The molecule has 0 bridgehead atoms. The summed E-state index contributed by atoms with van der Waals surface area (Å²) in [6, 6.07) is 0. The molecule has 6 heteroatoms. The second kappa shape index (κ2) is 4.98. The molecule has 0 aromatic carbocycles. The molecule has 0 N–H and O–H groups in total. The lowest BCUT2D eigenvalue weighted by Crippen LogP contribution is -2.46. The smallest absolute Gasteiger partial charge is 0.295 e. The SMILES string of the molecule is CCN1CCN(CO[N+](=O)[O-])CC1. The zero-order valence-electron chi connectivity index (χ0n) is 7.81. The van der Waals surface area contributed by atoms with Crippen molar-refractivity contribution in [2.24, 2.45) is 0 Å². The molecular weight excluding hydrogens is 174 g/mol. The van der Waals surface area contributed by atoms with Crippen LogP contribution in [0.25, 0.3) is 0 Å². The molecule has 0 radical (unpaired) electrons. The van der Waals surface area contributed by atoms with Crippen LogP contribution in [0, 0.1) is 10.1 Å². The van der Waals surface area contributed by atoms with Gasteiger partial charge in [0.2, 0.25) is 0 Å². The van der Waals surface area contributed by atoms with Gasteiger partial charge in [-0.3, -0.25) is 9.74 Å². The van der Waals surface area contributed by atoms with Crippen molar-refractivity contribution in [1.29, 1.82) is 0 Å². The van der Waals surface area contributed by atoms with Gasteiger partial charge in [0.05, 0.1) is 0 Å². The number of piperazine rings is 1. The van der Waals surface area contributed by atoms with Crippen LogP contribution in [0.2, 0.25) is 0 Å². The molecule has 1 saturated heterocycles. The van der Waals surface area contributed by atoms with Crippen molar-refractivity contribution >= 4 is 0 Å². The van der Waals surface area contributed by atoms with Gasteiger partial charge >= 0.3 is 0 Å². The third-order valence-corrected chi connectivity index (χ3v) is 2.26. The molecule has 1 rings (SSSR count). The van der Waals surface area contributed by atoms with Gasteiger partial charge in [-0.1, -0.05) is 6.92 Å². The fourth-order valence-corrected chi connectivity index (χ4v) is 1.36. The van der Waals surface area contributed by atoms with Crippen LogP contribution in [0.5, 0.6) is 0 Å². The Bertz CT molecular complexity index is 168. The van der Waals surface area contributed by atoms with Crippen LogP contribution in [0.3, 0.4) is 0 Å². The minimum absolute atomic E-state index is 0.102. The summed E-state index contributed by atoms with van der Waals surface area (Å²) in [6.07, 6.45) is 0. The molecule has 0 aliphatic carbocycles. The Balaban J connectivity index is 2.14. The van der Waals surface area contributed by atoms with Crippen molar-refractivity contribution in [2.75, 3.05) is 39.5 Å². The monoisotopic (exact) mass is 189 g/mol.